The van der Waals surface area contributed by atoms with Gasteiger partial charge in [-0.2, -0.15) is 0 Å². The van der Waals surface area contributed by atoms with Crippen molar-refractivity contribution in [3.8, 4) is 0 Å². The van der Waals surface area contributed by atoms with E-state index in [2.05, 4.69) is 56.9 Å². The van der Waals surface area contributed by atoms with E-state index in [4.69, 9.17) is 0 Å². The Morgan fingerprint density at radius 2 is 2.16 bits per heavy atom. The molecule has 1 amide bonds. The summed E-state index contributed by atoms with van der Waals surface area (Å²) in [6, 6.07) is 8.12. The highest BCUT2D eigenvalue weighted by molar-refractivity contribution is 5.95. The van der Waals surface area contributed by atoms with Gasteiger partial charge in [0.25, 0.3) is 5.91 Å². The largest absolute Gasteiger partial charge is 0.382 e. The number of rotatable bonds is 7. The van der Waals surface area contributed by atoms with Crippen LogP contribution in [-0.2, 0) is 0 Å². The molecule has 2 fully saturated rings. The average molecular weight is 428 g/mol. The van der Waals surface area contributed by atoms with Crippen LogP contribution in [0.25, 0.3) is 0 Å². The van der Waals surface area contributed by atoms with Crippen molar-refractivity contribution in [2.24, 2.45) is 16.8 Å². The summed E-state index contributed by atoms with van der Waals surface area (Å²) < 4.78 is 0. The van der Waals surface area contributed by atoms with Gasteiger partial charge in [0.05, 0.1) is 12.3 Å². The molecular formula is C23H37N7O. The summed E-state index contributed by atoms with van der Waals surface area (Å²) in [7, 11) is 2.15. The summed E-state index contributed by atoms with van der Waals surface area (Å²) in [5.41, 5.74) is 8.50. The Morgan fingerprint density at radius 3 is 2.97 bits per heavy atom. The minimum Gasteiger partial charge on any atom is -0.382 e. The number of hydrogen-bond acceptors (Lipinski definition) is 7. The molecule has 0 bridgehead atoms. The lowest BCUT2D eigenvalue weighted by Gasteiger charge is -2.30. The fourth-order valence-electron chi connectivity index (χ4n) is 4.85. The molecular weight excluding hydrogens is 390 g/mol. The van der Waals surface area contributed by atoms with Crippen LogP contribution >= 0.6 is 0 Å². The van der Waals surface area contributed by atoms with Crippen molar-refractivity contribution >= 4 is 17.8 Å². The van der Waals surface area contributed by atoms with E-state index in [0.29, 0.717) is 36.2 Å². The number of nitrogens with one attached hydrogen (secondary N) is 5. The molecule has 1 aromatic rings. The van der Waals surface area contributed by atoms with E-state index in [-0.39, 0.29) is 12.1 Å². The quantitative estimate of drug-likeness (QED) is 0.452. The molecule has 2 saturated heterocycles. The van der Waals surface area contributed by atoms with Gasteiger partial charge in [0.2, 0.25) is 0 Å². The van der Waals surface area contributed by atoms with Crippen LogP contribution in [0.4, 0.5) is 5.69 Å². The van der Waals surface area contributed by atoms with Gasteiger partial charge in [0.15, 0.2) is 0 Å². The van der Waals surface area contributed by atoms with Crippen LogP contribution in [0.1, 0.15) is 43.0 Å². The first-order valence-electron chi connectivity index (χ1n) is 11.7. The highest BCUT2D eigenvalue weighted by Gasteiger charge is 2.35. The SMILES string of the molecule is CC1CCCNC1CNC(=O)c1cccc(NCC2NNC(C3CC=NCC3)N2C)c1. The van der Waals surface area contributed by atoms with E-state index in [1.807, 2.05) is 24.3 Å². The number of carbonyl (C=O) groups is 1. The highest BCUT2D eigenvalue weighted by Crippen LogP contribution is 2.22. The Kier molecular flexibility index (Phi) is 7.55. The molecule has 5 atom stereocenters. The maximum absolute atomic E-state index is 12.7. The Bertz CT molecular complexity index is 770. The van der Waals surface area contributed by atoms with Gasteiger partial charge in [-0.15, -0.1) is 0 Å². The number of amides is 1. The first kappa shape index (κ1) is 22.2. The molecule has 3 aliphatic heterocycles. The second-order valence-corrected chi connectivity index (χ2v) is 9.14. The Balaban J connectivity index is 1.26. The van der Waals surface area contributed by atoms with Gasteiger partial charge >= 0.3 is 0 Å². The number of hydrazine groups is 1. The summed E-state index contributed by atoms with van der Waals surface area (Å²) in [4.78, 5) is 19.4. The van der Waals surface area contributed by atoms with Crippen LogP contribution in [0, 0.1) is 11.8 Å². The summed E-state index contributed by atoms with van der Waals surface area (Å²) in [5, 5.41) is 10.1. The predicted octanol–water partition coefficient (Wildman–Crippen LogP) is 1.39. The molecule has 0 aromatic heterocycles. The first-order chi connectivity index (χ1) is 15.1. The minimum absolute atomic E-state index is 0.0139. The van der Waals surface area contributed by atoms with Crippen molar-refractivity contribution < 1.29 is 4.79 Å². The second-order valence-electron chi connectivity index (χ2n) is 9.14. The third-order valence-corrected chi connectivity index (χ3v) is 6.98. The van der Waals surface area contributed by atoms with Crippen LogP contribution in [0.5, 0.6) is 0 Å². The van der Waals surface area contributed by atoms with Gasteiger partial charge in [0, 0.05) is 36.9 Å². The van der Waals surface area contributed by atoms with Crippen LogP contribution in [0.15, 0.2) is 29.3 Å². The lowest BCUT2D eigenvalue weighted by Crippen LogP contribution is -2.47. The van der Waals surface area contributed by atoms with E-state index in [1.165, 1.54) is 12.8 Å². The summed E-state index contributed by atoms with van der Waals surface area (Å²) in [6.45, 7) is 5.63. The number of hydrogen-bond donors (Lipinski definition) is 5. The number of benzene rings is 1. The highest BCUT2D eigenvalue weighted by atomic mass is 16.1. The fraction of sp³-hybridized carbons (Fsp3) is 0.652. The second kappa shape index (κ2) is 10.5. The van der Waals surface area contributed by atoms with E-state index in [1.54, 1.807) is 0 Å². The summed E-state index contributed by atoms with van der Waals surface area (Å²) in [5.74, 6) is 1.16. The first-order valence-corrected chi connectivity index (χ1v) is 11.7. The van der Waals surface area contributed by atoms with E-state index >= 15 is 0 Å². The molecule has 3 heterocycles. The normalized spacial score (nSPS) is 31.5. The molecule has 0 radical (unpaired) electrons. The molecule has 4 rings (SSSR count). The topological polar surface area (TPSA) is 92.8 Å². The lowest BCUT2D eigenvalue weighted by atomic mass is 9.93. The number of aliphatic imine (C=N–C) groups is 1. The maximum Gasteiger partial charge on any atom is 0.251 e. The molecule has 170 valence electrons. The van der Waals surface area contributed by atoms with E-state index in [9.17, 15) is 4.79 Å². The zero-order valence-corrected chi connectivity index (χ0v) is 18.7. The van der Waals surface area contributed by atoms with Crippen LogP contribution in [-0.4, -0.2) is 68.6 Å². The smallest absolute Gasteiger partial charge is 0.251 e. The molecule has 0 saturated carbocycles. The van der Waals surface area contributed by atoms with Crippen molar-refractivity contribution in [2.75, 3.05) is 38.5 Å². The molecule has 0 spiro atoms. The Labute approximate surface area is 185 Å². The third kappa shape index (κ3) is 5.63. The van der Waals surface area contributed by atoms with Crippen LogP contribution in [0.2, 0.25) is 0 Å². The monoisotopic (exact) mass is 427 g/mol. The van der Waals surface area contributed by atoms with Crippen LogP contribution < -0.4 is 26.8 Å². The van der Waals surface area contributed by atoms with E-state index < -0.39 is 0 Å². The van der Waals surface area contributed by atoms with Gasteiger partial charge in [-0.25, -0.2) is 10.9 Å². The zero-order chi connectivity index (χ0) is 21.6. The number of anilines is 1. The Hall–Kier alpha value is -2.00. The minimum atomic E-state index is -0.0139. The summed E-state index contributed by atoms with van der Waals surface area (Å²) >= 11 is 0. The van der Waals surface area contributed by atoms with Gasteiger partial charge in [-0.05, 0) is 75.5 Å². The predicted molar refractivity (Wildman–Crippen MR) is 125 cm³/mol. The fourth-order valence-corrected chi connectivity index (χ4v) is 4.85. The number of likely N-dealkylation sites (N-methyl/N-ethyl adjacent to an activating group) is 1. The molecule has 1 aromatic carbocycles. The molecule has 5 unspecified atom stereocenters. The van der Waals surface area contributed by atoms with Crippen molar-refractivity contribution in [3.05, 3.63) is 29.8 Å². The molecule has 5 N–H and O–H groups in total. The third-order valence-electron chi connectivity index (χ3n) is 6.98. The molecule has 0 aliphatic carbocycles. The van der Waals surface area contributed by atoms with Crippen molar-refractivity contribution in [3.63, 3.8) is 0 Å². The maximum atomic E-state index is 12.7. The molecule has 8 heteroatoms. The number of carbonyl (C=O) groups excluding carboxylic acids is 1. The van der Waals surface area contributed by atoms with Crippen LogP contribution in [0.3, 0.4) is 0 Å². The van der Waals surface area contributed by atoms with E-state index in [0.717, 1.165) is 38.2 Å². The Morgan fingerprint density at radius 1 is 1.26 bits per heavy atom. The van der Waals surface area contributed by atoms with Crippen molar-refractivity contribution in [2.45, 2.75) is 51.0 Å². The molecule has 8 nitrogen and oxygen atoms in total. The lowest BCUT2D eigenvalue weighted by molar-refractivity contribution is 0.0943. The number of nitrogens with zero attached hydrogens (tertiary/aromatic N) is 2. The standard InChI is InChI=1S/C23H37N7O/c1-16-5-4-10-25-20(16)14-27-23(31)18-6-3-7-19(13-18)26-15-21-28-29-22(30(21)2)17-8-11-24-12-9-17/h3,6-7,11,13,16-17,20-22,25-26,28-29H,4-5,8-10,12,14-15H2,1-2H3,(H,27,31). The average Bonchev–Trinajstić information content (AvgIpc) is 3.18. The molecule has 3 aliphatic rings. The van der Waals surface area contributed by atoms with Gasteiger partial charge in [0.1, 0.15) is 0 Å². The molecule has 31 heavy (non-hydrogen) atoms. The van der Waals surface area contributed by atoms with Gasteiger partial charge < -0.3 is 16.0 Å². The van der Waals surface area contributed by atoms with Gasteiger partial charge in [-0.1, -0.05) is 13.0 Å². The van der Waals surface area contributed by atoms with Crippen molar-refractivity contribution in [1.29, 1.82) is 0 Å². The van der Waals surface area contributed by atoms with Crippen molar-refractivity contribution in [1.82, 2.24) is 26.4 Å². The summed E-state index contributed by atoms with van der Waals surface area (Å²) in [6.07, 6.45) is 7.13. The number of piperidine rings is 1. The van der Waals surface area contributed by atoms with Gasteiger partial charge in [-0.3, -0.25) is 14.7 Å². The zero-order valence-electron chi connectivity index (χ0n) is 18.7.